The molecule has 0 aromatic rings. The Labute approximate surface area is 73.4 Å². The third-order valence-electron chi connectivity index (χ3n) is 2.50. The predicted octanol–water partition coefficient (Wildman–Crippen LogP) is -0.110. The van der Waals surface area contributed by atoms with Crippen LogP contribution in [0.15, 0.2) is 0 Å². The minimum Gasteiger partial charge on any atom is -0.375 e. The van der Waals surface area contributed by atoms with Gasteiger partial charge in [0.1, 0.15) is 0 Å². The summed E-state index contributed by atoms with van der Waals surface area (Å²) in [5.41, 5.74) is 0. The summed E-state index contributed by atoms with van der Waals surface area (Å²) >= 11 is 0. The molecule has 0 aromatic carbocycles. The number of hydrogen-bond acceptors (Lipinski definition) is 4. The van der Waals surface area contributed by atoms with Crippen LogP contribution in [-0.4, -0.2) is 31.9 Å². The molecule has 1 rings (SSSR count). The monoisotopic (exact) mass is 174 g/mol. The van der Waals surface area contributed by atoms with Gasteiger partial charge in [-0.3, -0.25) is 0 Å². The van der Waals surface area contributed by atoms with E-state index in [2.05, 4.69) is 12.2 Å². The summed E-state index contributed by atoms with van der Waals surface area (Å²) in [5.74, 6) is 5.44. The van der Waals surface area contributed by atoms with Gasteiger partial charge in [-0.05, 0) is 6.92 Å². The zero-order valence-electron chi connectivity index (χ0n) is 7.75. The van der Waals surface area contributed by atoms with Crippen LogP contribution in [0.3, 0.4) is 0 Å². The maximum absolute atomic E-state index is 5.56. The van der Waals surface area contributed by atoms with Crippen LogP contribution in [0.2, 0.25) is 0 Å². The van der Waals surface area contributed by atoms with Crippen molar-refractivity contribution in [2.75, 3.05) is 19.7 Å². The van der Waals surface area contributed by atoms with E-state index in [1.54, 1.807) is 0 Å². The van der Waals surface area contributed by atoms with Crippen LogP contribution in [0.4, 0.5) is 0 Å². The van der Waals surface area contributed by atoms with Crippen LogP contribution in [0, 0.1) is 5.92 Å². The second kappa shape index (κ2) is 4.77. The average Bonchev–Trinajstić information content (AvgIpc) is 2.17. The van der Waals surface area contributed by atoms with Crippen LogP contribution in [-0.2, 0) is 9.57 Å². The fraction of sp³-hybridized carbons (Fsp3) is 1.00. The molecule has 3 atom stereocenters. The number of ether oxygens (including phenoxy) is 1. The van der Waals surface area contributed by atoms with Crippen molar-refractivity contribution < 1.29 is 9.57 Å². The van der Waals surface area contributed by atoms with Crippen molar-refractivity contribution in [2.24, 2.45) is 11.8 Å². The van der Waals surface area contributed by atoms with Gasteiger partial charge in [-0.25, -0.2) is 5.90 Å². The zero-order chi connectivity index (χ0) is 8.97. The van der Waals surface area contributed by atoms with Crippen molar-refractivity contribution in [3.63, 3.8) is 0 Å². The molecule has 72 valence electrons. The highest BCUT2D eigenvalue weighted by Crippen LogP contribution is 2.14. The average molecular weight is 174 g/mol. The molecule has 1 saturated heterocycles. The Balaban J connectivity index is 2.33. The minimum atomic E-state index is 0.0508. The highest BCUT2D eigenvalue weighted by Gasteiger charge is 2.25. The van der Waals surface area contributed by atoms with Crippen LogP contribution >= 0.6 is 0 Å². The van der Waals surface area contributed by atoms with Crippen LogP contribution < -0.4 is 11.2 Å². The van der Waals surface area contributed by atoms with Gasteiger partial charge in [0.2, 0.25) is 0 Å². The fourth-order valence-corrected chi connectivity index (χ4v) is 1.35. The summed E-state index contributed by atoms with van der Waals surface area (Å²) in [7, 11) is 0. The molecule has 3 N–H and O–H groups in total. The standard InChI is InChI=1S/C8H18N2O2/c1-6(7(2)12-9)8-5-10-3-4-11-8/h6-8,10H,3-5,9H2,1-2H3/t6?,7?,8-/m0/s1. The summed E-state index contributed by atoms with van der Waals surface area (Å²) in [4.78, 5) is 4.76. The molecule has 0 aromatic heterocycles. The Hall–Kier alpha value is -0.160. The summed E-state index contributed by atoms with van der Waals surface area (Å²) < 4.78 is 5.56. The second-order valence-electron chi connectivity index (χ2n) is 3.31. The molecule has 0 radical (unpaired) electrons. The first kappa shape index (κ1) is 9.92. The van der Waals surface area contributed by atoms with Crippen molar-refractivity contribution in [1.29, 1.82) is 0 Å². The third kappa shape index (κ3) is 2.42. The van der Waals surface area contributed by atoms with Gasteiger partial charge in [0.05, 0.1) is 18.8 Å². The lowest BCUT2D eigenvalue weighted by Crippen LogP contribution is -2.45. The van der Waals surface area contributed by atoms with Crippen molar-refractivity contribution in [2.45, 2.75) is 26.1 Å². The summed E-state index contributed by atoms with van der Waals surface area (Å²) in [5, 5.41) is 3.27. The minimum absolute atomic E-state index is 0.0508. The van der Waals surface area contributed by atoms with E-state index >= 15 is 0 Å². The lowest BCUT2D eigenvalue weighted by Gasteiger charge is -2.31. The number of nitrogens with one attached hydrogen (secondary N) is 1. The maximum atomic E-state index is 5.56. The molecule has 1 aliphatic heterocycles. The summed E-state index contributed by atoms with van der Waals surface area (Å²) in [6, 6.07) is 0. The third-order valence-corrected chi connectivity index (χ3v) is 2.50. The molecule has 1 fully saturated rings. The molecule has 12 heavy (non-hydrogen) atoms. The lowest BCUT2D eigenvalue weighted by molar-refractivity contribution is -0.0637. The van der Waals surface area contributed by atoms with Gasteiger partial charge in [0, 0.05) is 19.0 Å². The molecule has 0 saturated carbocycles. The Morgan fingerprint density at radius 2 is 2.33 bits per heavy atom. The van der Waals surface area contributed by atoms with E-state index in [1.807, 2.05) is 6.92 Å². The highest BCUT2D eigenvalue weighted by atomic mass is 16.6. The molecule has 2 unspecified atom stereocenters. The molecular weight excluding hydrogens is 156 g/mol. The van der Waals surface area contributed by atoms with Gasteiger partial charge in [-0.1, -0.05) is 6.92 Å². The molecule has 4 nitrogen and oxygen atoms in total. The SMILES string of the molecule is CC(ON)C(C)[C@@H]1CNCCO1. The van der Waals surface area contributed by atoms with Crippen LogP contribution in [0.1, 0.15) is 13.8 Å². The summed E-state index contributed by atoms with van der Waals surface area (Å²) in [6.07, 6.45) is 0.284. The first-order chi connectivity index (χ1) is 5.75. The Morgan fingerprint density at radius 3 is 2.83 bits per heavy atom. The van der Waals surface area contributed by atoms with E-state index in [9.17, 15) is 0 Å². The van der Waals surface area contributed by atoms with Crippen molar-refractivity contribution >= 4 is 0 Å². The first-order valence-electron chi connectivity index (χ1n) is 4.43. The quantitative estimate of drug-likeness (QED) is 0.586. The van der Waals surface area contributed by atoms with Crippen molar-refractivity contribution in [3.8, 4) is 0 Å². The molecule has 1 aliphatic rings. The van der Waals surface area contributed by atoms with Crippen molar-refractivity contribution in [1.82, 2.24) is 5.32 Å². The van der Waals surface area contributed by atoms with E-state index in [0.717, 1.165) is 19.7 Å². The van der Waals surface area contributed by atoms with E-state index < -0.39 is 0 Å². The second-order valence-corrected chi connectivity index (χ2v) is 3.31. The largest absolute Gasteiger partial charge is 0.375 e. The van der Waals surface area contributed by atoms with Crippen molar-refractivity contribution in [3.05, 3.63) is 0 Å². The predicted molar refractivity (Wildman–Crippen MR) is 46.5 cm³/mol. The maximum Gasteiger partial charge on any atom is 0.0809 e. The smallest absolute Gasteiger partial charge is 0.0809 e. The number of rotatable bonds is 3. The number of nitrogens with two attached hydrogens (primary N) is 1. The molecule has 0 aliphatic carbocycles. The van der Waals surface area contributed by atoms with E-state index in [1.165, 1.54) is 0 Å². The van der Waals surface area contributed by atoms with Crippen LogP contribution in [0.25, 0.3) is 0 Å². The molecule has 4 heteroatoms. The number of morpholine rings is 1. The summed E-state index contributed by atoms with van der Waals surface area (Å²) in [6.45, 7) is 6.68. The Morgan fingerprint density at radius 1 is 1.58 bits per heavy atom. The first-order valence-corrected chi connectivity index (χ1v) is 4.43. The molecule has 1 heterocycles. The van der Waals surface area contributed by atoms with E-state index in [0.29, 0.717) is 5.92 Å². The molecule has 0 amide bonds. The molecular formula is C8H18N2O2. The topological polar surface area (TPSA) is 56.5 Å². The van der Waals surface area contributed by atoms with Gasteiger partial charge in [0.25, 0.3) is 0 Å². The van der Waals surface area contributed by atoms with Gasteiger partial charge < -0.3 is 14.9 Å². The lowest BCUT2D eigenvalue weighted by atomic mass is 9.98. The van der Waals surface area contributed by atoms with Gasteiger partial charge >= 0.3 is 0 Å². The van der Waals surface area contributed by atoms with Gasteiger partial charge in [-0.2, -0.15) is 0 Å². The van der Waals surface area contributed by atoms with E-state index in [4.69, 9.17) is 15.5 Å². The zero-order valence-corrected chi connectivity index (χ0v) is 7.75. The van der Waals surface area contributed by atoms with Gasteiger partial charge in [0.15, 0.2) is 0 Å². The Kier molecular flexibility index (Phi) is 3.94. The normalized spacial score (nSPS) is 29.8. The number of hydrogen-bond donors (Lipinski definition) is 2. The molecule has 0 bridgehead atoms. The fourth-order valence-electron chi connectivity index (χ4n) is 1.35. The Bertz CT molecular complexity index is 126. The van der Waals surface area contributed by atoms with Crippen LogP contribution in [0.5, 0.6) is 0 Å². The van der Waals surface area contributed by atoms with E-state index in [-0.39, 0.29) is 12.2 Å². The molecule has 0 spiro atoms. The highest BCUT2D eigenvalue weighted by molar-refractivity contribution is 4.76. The van der Waals surface area contributed by atoms with Gasteiger partial charge in [-0.15, -0.1) is 0 Å².